The number of hydrogen-bond donors (Lipinski definition) is 0. The molecular formula is C13H13ClFNO. The normalized spacial score (nSPS) is 17.4. The van der Waals surface area contributed by atoms with E-state index in [0.717, 1.165) is 18.4 Å². The Morgan fingerprint density at radius 2 is 2.12 bits per heavy atom. The number of nitrogens with zero attached hydrogens (tertiary/aromatic N) is 1. The van der Waals surface area contributed by atoms with Crippen LogP contribution in [-0.2, 0) is 16.0 Å². The molecule has 2 nitrogen and oxygen atoms in total. The predicted octanol–water partition coefficient (Wildman–Crippen LogP) is 3.87. The summed E-state index contributed by atoms with van der Waals surface area (Å²) in [5.41, 5.74) is -0.613. The van der Waals surface area contributed by atoms with E-state index >= 15 is 0 Å². The zero-order chi connectivity index (χ0) is 12.7. The third-order valence-electron chi connectivity index (χ3n) is 3.14. The molecule has 4 heteroatoms. The minimum atomic E-state index is -1.42. The first-order valence-electron chi connectivity index (χ1n) is 5.47. The van der Waals surface area contributed by atoms with Gasteiger partial charge in [-0.15, -0.1) is 0 Å². The van der Waals surface area contributed by atoms with Crippen molar-refractivity contribution in [2.45, 2.75) is 37.9 Å². The Kier molecular flexibility index (Phi) is 2.84. The number of alkyl halides is 1. The van der Waals surface area contributed by atoms with E-state index in [1.54, 1.807) is 24.3 Å². The van der Waals surface area contributed by atoms with Crippen molar-refractivity contribution in [1.29, 1.82) is 0 Å². The number of carbonyl (C=O) groups excluding carboxylic acids is 1. The number of isocyanates is 1. The number of benzene rings is 1. The fourth-order valence-corrected chi connectivity index (χ4v) is 2.27. The van der Waals surface area contributed by atoms with Gasteiger partial charge in [0.05, 0.1) is 5.54 Å². The number of hydrogen-bond acceptors (Lipinski definition) is 2. The Balaban J connectivity index is 2.43. The van der Waals surface area contributed by atoms with Gasteiger partial charge in [-0.25, -0.2) is 9.18 Å². The first-order valence-corrected chi connectivity index (χ1v) is 5.85. The second-order valence-electron chi connectivity index (χ2n) is 4.90. The fourth-order valence-electron chi connectivity index (χ4n) is 1.91. The molecule has 0 aliphatic heterocycles. The highest BCUT2D eigenvalue weighted by molar-refractivity contribution is 6.31. The van der Waals surface area contributed by atoms with Crippen LogP contribution < -0.4 is 0 Å². The molecule has 0 amide bonds. The lowest BCUT2D eigenvalue weighted by Crippen LogP contribution is -2.11. The third-order valence-corrected chi connectivity index (χ3v) is 3.45. The maximum atomic E-state index is 13.7. The lowest BCUT2D eigenvalue weighted by atomic mass is 9.96. The zero-order valence-electron chi connectivity index (χ0n) is 9.76. The van der Waals surface area contributed by atoms with E-state index in [9.17, 15) is 9.18 Å². The minimum Gasteiger partial charge on any atom is -0.239 e. The Morgan fingerprint density at radius 3 is 2.53 bits per heavy atom. The summed E-state index contributed by atoms with van der Waals surface area (Å²) in [6, 6.07) is 5.06. The monoisotopic (exact) mass is 253 g/mol. The topological polar surface area (TPSA) is 29.4 Å². The van der Waals surface area contributed by atoms with Crippen LogP contribution in [0.25, 0.3) is 0 Å². The van der Waals surface area contributed by atoms with Gasteiger partial charge in [-0.1, -0.05) is 23.7 Å². The van der Waals surface area contributed by atoms with Gasteiger partial charge in [0.25, 0.3) is 0 Å². The molecule has 0 unspecified atom stereocenters. The van der Waals surface area contributed by atoms with Crippen molar-refractivity contribution in [3.8, 4) is 0 Å². The number of aliphatic imine (C=N–C) groups is 1. The van der Waals surface area contributed by atoms with Crippen LogP contribution in [0.2, 0.25) is 5.02 Å². The van der Waals surface area contributed by atoms with E-state index in [4.69, 9.17) is 11.6 Å². The molecule has 0 spiro atoms. The highest BCUT2D eigenvalue weighted by Gasteiger charge is 2.46. The molecule has 1 aromatic rings. The Morgan fingerprint density at radius 1 is 1.47 bits per heavy atom. The molecule has 1 fully saturated rings. The van der Waals surface area contributed by atoms with Crippen LogP contribution in [-0.4, -0.2) is 6.08 Å². The number of rotatable bonds is 3. The van der Waals surface area contributed by atoms with E-state index in [-0.39, 0.29) is 0 Å². The van der Waals surface area contributed by atoms with Crippen molar-refractivity contribution in [2.75, 3.05) is 0 Å². The summed E-state index contributed by atoms with van der Waals surface area (Å²) < 4.78 is 13.7. The summed E-state index contributed by atoms with van der Waals surface area (Å²) in [4.78, 5) is 14.2. The molecule has 1 aromatic carbocycles. The van der Waals surface area contributed by atoms with Crippen molar-refractivity contribution in [2.24, 2.45) is 4.99 Å². The first kappa shape index (κ1) is 12.3. The second kappa shape index (κ2) is 3.94. The van der Waals surface area contributed by atoms with E-state index in [1.165, 1.54) is 13.8 Å². The maximum absolute atomic E-state index is 13.7. The molecule has 0 bridgehead atoms. The zero-order valence-corrected chi connectivity index (χ0v) is 10.5. The van der Waals surface area contributed by atoms with Gasteiger partial charge in [0, 0.05) is 5.02 Å². The van der Waals surface area contributed by atoms with Crippen LogP contribution >= 0.6 is 11.6 Å². The molecule has 1 aliphatic rings. The molecule has 0 aromatic heterocycles. The number of halogens is 2. The van der Waals surface area contributed by atoms with Crippen LogP contribution in [0.4, 0.5) is 4.39 Å². The SMILES string of the molecule is CC(C)(F)c1ccc(C2(N=C=O)CC2)c(Cl)c1. The predicted molar refractivity (Wildman–Crippen MR) is 64.6 cm³/mol. The highest BCUT2D eigenvalue weighted by atomic mass is 35.5. The third kappa shape index (κ3) is 2.26. The molecule has 0 atom stereocenters. The molecule has 17 heavy (non-hydrogen) atoms. The summed E-state index contributed by atoms with van der Waals surface area (Å²) in [5, 5.41) is 0.463. The van der Waals surface area contributed by atoms with Gasteiger partial charge in [0.1, 0.15) is 5.67 Å². The van der Waals surface area contributed by atoms with Crippen LogP contribution in [0.15, 0.2) is 23.2 Å². The first-order chi connectivity index (χ1) is 7.89. The average Bonchev–Trinajstić information content (AvgIpc) is 2.97. The summed E-state index contributed by atoms with van der Waals surface area (Å²) >= 11 is 6.14. The van der Waals surface area contributed by atoms with E-state index in [0.29, 0.717) is 10.6 Å². The summed E-state index contributed by atoms with van der Waals surface area (Å²) in [6.07, 6.45) is 3.17. The molecule has 0 radical (unpaired) electrons. The summed E-state index contributed by atoms with van der Waals surface area (Å²) in [6.45, 7) is 2.96. The molecule has 90 valence electrons. The lowest BCUT2D eigenvalue weighted by molar-refractivity contribution is 0.221. The molecule has 1 aliphatic carbocycles. The largest absolute Gasteiger partial charge is 0.239 e. The Hall–Kier alpha value is -1.18. The van der Waals surface area contributed by atoms with Gasteiger partial charge in [0.2, 0.25) is 6.08 Å². The van der Waals surface area contributed by atoms with Crippen LogP contribution in [0.5, 0.6) is 0 Å². The summed E-state index contributed by atoms with van der Waals surface area (Å²) in [7, 11) is 0. The van der Waals surface area contributed by atoms with Crippen molar-refractivity contribution in [3.63, 3.8) is 0 Å². The molecular weight excluding hydrogens is 241 g/mol. The Bertz CT molecular complexity index is 497. The smallest absolute Gasteiger partial charge is 0.235 e. The summed E-state index contributed by atoms with van der Waals surface area (Å²) in [5.74, 6) is 0. The van der Waals surface area contributed by atoms with Crippen molar-refractivity contribution < 1.29 is 9.18 Å². The molecule has 2 rings (SSSR count). The highest BCUT2D eigenvalue weighted by Crippen LogP contribution is 2.51. The van der Waals surface area contributed by atoms with Gasteiger partial charge in [-0.05, 0) is 43.9 Å². The van der Waals surface area contributed by atoms with Crippen LogP contribution in [0, 0.1) is 0 Å². The fraction of sp³-hybridized carbons (Fsp3) is 0.462. The van der Waals surface area contributed by atoms with Gasteiger partial charge in [-0.3, -0.25) is 0 Å². The Labute approximate surface area is 105 Å². The van der Waals surface area contributed by atoms with E-state index in [2.05, 4.69) is 4.99 Å². The van der Waals surface area contributed by atoms with Gasteiger partial charge < -0.3 is 0 Å². The van der Waals surface area contributed by atoms with Gasteiger partial charge >= 0.3 is 0 Å². The van der Waals surface area contributed by atoms with E-state index < -0.39 is 11.2 Å². The standard InChI is InChI=1S/C13H13ClFNO/c1-12(2,15)9-3-4-10(11(14)7-9)13(5-6-13)16-8-17/h3-4,7H,5-6H2,1-2H3. The van der Waals surface area contributed by atoms with Crippen LogP contribution in [0.1, 0.15) is 37.8 Å². The molecule has 0 N–H and O–H groups in total. The molecule has 0 saturated heterocycles. The molecule has 0 heterocycles. The second-order valence-corrected chi connectivity index (χ2v) is 5.31. The maximum Gasteiger partial charge on any atom is 0.235 e. The average molecular weight is 254 g/mol. The lowest BCUT2D eigenvalue weighted by Gasteiger charge is -2.17. The minimum absolute atomic E-state index is 0.463. The van der Waals surface area contributed by atoms with E-state index in [1.807, 2.05) is 0 Å². The van der Waals surface area contributed by atoms with Crippen LogP contribution in [0.3, 0.4) is 0 Å². The van der Waals surface area contributed by atoms with Crippen molar-refractivity contribution >= 4 is 17.7 Å². The van der Waals surface area contributed by atoms with Crippen molar-refractivity contribution in [1.82, 2.24) is 0 Å². The van der Waals surface area contributed by atoms with Crippen molar-refractivity contribution in [3.05, 3.63) is 34.3 Å². The van der Waals surface area contributed by atoms with Gasteiger partial charge in [-0.2, -0.15) is 4.99 Å². The quantitative estimate of drug-likeness (QED) is 0.594. The molecule has 1 saturated carbocycles. The van der Waals surface area contributed by atoms with Gasteiger partial charge in [0.15, 0.2) is 0 Å².